The summed E-state index contributed by atoms with van der Waals surface area (Å²) in [4.78, 5) is 36.1. The third-order valence-corrected chi connectivity index (χ3v) is 14.8. The van der Waals surface area contributed by atoms with Crippen LogP contribution in [0.1, 0.15) is 118 Å². The number of aromatic nitrogens is 2. The van der Waals surface area contributed by atoms with Crippen LogP contribution < -0.4 is 11.2 Å². The largest absolute Gasteiger partial charge is 0.472 e. The normalized spacial score (nSPS) is 40.7. The first-order valence-electron chi connectivity index (χ1n) is 18.7. The number of allylic oxidation sites excluding steroid dienone is 1. The van der Waals surface area contributed by atoms with Gasteiger partial charge in [-0.2, -0.15) is 4.39 Å². The summed E-state index contributed by atoms with van der Waals surface area (Å²) in [7, 11) is -4.52. The lowest BCUT2D eigenvalue weighted by molar-refractivity contribution is -0.0742. The van der Waals surface area contributed by atoms with Crippen molar-refractivity contribution in [2.24, 2.45) is 52.3 Å². The minimum atomic E-state index is -4.52. The molecule has 276 valence electrons. The van der Waals surface area contributed by atoms with Crippen molar-refractivity contribution in [3.05, 3.63) is 44.5 Å². The molecular formula is C37H58FN2O8P. The van der Waals surface area contributed by atoms with Crippen molar-refractivity contribution >= 4 is 7.82 Å². The van der Waals surface area contributed by atoms with E-state index in [1.54, 1.807) is 0 Å². The smallest absolute Gasteiger partial charge is 0.390 e. The molecule has 4 fully saturated rings. The second kappa shape index (κ2) is 14.1. The highest BCUT2D eigenvalue weighted by Crippen LogP contribution is 2.68. The van der Waals surface area contributed by atoms with Crippen LogP contribution in [0.25, 0.3) is 0 Å². The molecule has 1 aromatic rings. The van der Waals surface area contributed by atoms with E-state index in [2.05, 4.69) is 47.6 Å². The number of phosphoric acid groups is 1. The molecule has 0 aromatic carbocycles. The molecule has 12 heteroatoms. The molecule has 0 spiro atoms. The second-order valence-electron chi connectivity index (χ2n) is 17.1. The van der Waals surface area contributed by atoms with E-state index in [1.807, 2.05) is 4.98 Å². The highest BCUT2D eigenvalue weighted by atomic mass is 31.2. The Kier molecular flexibility index (Phi) is 10.7. The first kappa shape index (κ1) is 37.1. The molecule has 49 heavy (non-hydrogen) atoms. The molecule has 6 rings (SSSR count). The standard InChI is InChI=1S/C37H58FN2O8P/c1-21(2)8-7-9-22(3)26-10-11-27-33-23(4)16-24-17-25(12-14-36(24,5)28(33)13-15-37(26,27)6)48-49(44,45)46-20-31-30(41)18-32(47-31)40-19-29(38)34(42)39-35(40)43/h16,19,21-23,25-28,30-33,41H,7-15,17-18,20H2,1-6H3,(H,44,45)(H,39,42,43)/t22-,23+,25+,26-,27?,28?,30?,31?,32?,33?,36+,37-/m1/s1. The molecule has 5 aliphatic rings. The zero-order valence-electron chi connectivity index (χ0n) is 30.1. The zero-order chi connectivity index (χ0) is 35.5. The van der Waals surface area contributed by atoms with Crippen LogP contribution in [0.3, 0.4) is 0 Å². The van der Waals surface area contributed by atoms with Crippen LogP contribution in [-0.4, -0.2) is 44.5 Å². The van der Waals surface area contributed by atoms with Crippen molar-refractivity contribution in [2.75, 3.05) is 6.61 Å². The maximum atomic E-state index is 13.8. The van der Waals surface area contributed by atoms with Crippen molar-refractivity contribution in [3.8, 4) is 0 Å². The van der Waals surface area contributed by atoms with Crippen LogP contribution in [0.2, 0.25) is 0 Å². The highest BCUT2D eigenvalue weighted by Gasteiger charge is 2.60. The number of aliphatic hydroxyl groups is 1. The summed E-state index contributed by atoms with van der Waals surface area (Å²) >= 11 is 0. The van der Waals surface area contributed by atoms with Crippen molar-refractivity contribution in [2.45, 2.75) is 137 Å². The second-order valence-corrected chi connectivity index (χ2v) is 18.5. The van der Waals surface area contributed by atoms with Gasteiger partial charge in [0.15, 0.2) is 0 Å². The van der Waals surface area contributed by atoms with Gasteiger partial charge in [0.1, 0.15) is 12.3 Å². The molecule has 2 heterocycles. The van der Waals surface area contributed by atoms with E-state index in [1.165, 1.54) is 50.5 Å². The Morgan fingerprint density at radius 1 is 1.12 bits per heavy atom. The van der Waals surface area contributed by atoms with Gasteiger partial charge in [0, 0.05) is 6.42 Å². The Morgan fingerprint density at radius 2 is 1.88 bits per heavy atom. The fourth-order valence-corrected chi connectivity index (χ4v) is 12.1. The van der Waals surface area contributed by atoms with Crippen LogP contribution in [-0.2, 0) is 18.3 Å². The number of H-pyrrole nitrogens is 1. The summed E-state index contributed by atoms with van der Waals surface area (Å²) in [5.41, 5.74) is -0.247. The Bertz CT molecular complexity index is 1560. The van der Waals surface area contributed by atoms with E-state index in [-0.39, 0.29) is 11.8 Å². The molecule has 3 N–H and O–H groups in total. The number of halogens is 1. The van der Waals surface area contributed by atoms with Crippen molar-refractivity contribution in [1.29, 1.82) is 0 Å². The molecule has 3 saturated carbocycles. The fourth-order valence-electron chi connectivity index (χ4n) is 11.2. The van der Waals surface area contributed by atoms with E-state index in [9.17, 15) is 28.5 Å². The lowest BCUT2D eigenvalue weighted by atomic mass is 9.45. The lowest BCUT2D eigenvalue weighted by Crippen LogP contribution is -2.53. The molecule has 13 atom stereocenters. The minimum Gasteiger partial charge on any atom is -0.390 e. The lowest BCUT2D eigenvalue weighted by Gasteiger charge is -2.60. The number of hydrogen-bond donors (Lipinski definition) is 3. The predicted octanol–water partition coefficient (Wildman–Crippen LogP) is 7.11. The van der Waals surface area contributed by atoms with Crippen LogP contribution in [0, 0.1) is 58.1 Å². The van der Waals surface area contributed by atoms with Gasteiger partial charge in [-0.15, -0.1) is 0 Å². The molecule has 1 saturated heterocycles. The SMILES string of the molecule is CC(C)CCC[C@@H](C)[C@H]1CCC2C3C(CC[C@@]21C)[C@@]1(C)CC[C@H](OP(=O)(O)OCC2OC(n4cc(F)c(=O)[nH]c4=O)CC2O)CC1=C[C@@H]3C. The van der Waals surface area contributed by atoms with Crippen molar-refractivity contribution in [3.63, 3.8) is 0 Å². The van der Waals surface area contributed by atoms with E-state index in [4.69, 9.17) is 13.8 Å². The van der Waals surface area contributed by atoms with Crippen molar-refractivity contribution < 1.29 is 32.7 Å². The molecule has 4 aliphatic carbocycles. The minimum absolute atomic E-state index is 0.0513. The average molecular weight is 709 g/mol. The highest BCUT2D eigenvalue weighted by molar-refractivity contribution is 7.47. The molecule has 0 bridgehead atoms. The predicted molar refractivity (Wildman–Crippen MR) is 184 cm³/mol. The average Bonchev–Trinajstić information content (AvgIpc) is 3.57. The van der Waals surface area contributed by atoms with Crippen LogP contribution >= 0.6 is 7.82 Å². The third kappa shape index (κ3) is 7.23. The van der Waals surface area contributed by atoms with Gasteiger partial charge in [-0.3, -0.25) is 23.4 Å². The molecule has 1 aliphatic heterocycles. The molecule has 10 nitrogen and oxygen atoms in total. The summed E-state index contributed by atoms with van der Waals surface area (Å²) in [6, 6.07) is 0. The zero-order valence-corrected chi connectivity index (χ0v) is 31.0. The Morgan fingerprint density at radius 3 is 2.61 bits per heavy atom. The van der Waals surface area contributed by atoms with Gasteiger partial charge in [-0.25, -0.2) is 9.36 Å². The maximum absolute atomic E-state index is 13.8. The summed E-state index contributed by atoms with van der Waals surface area (Å²) < 4.78 is 44.4. The van der Waals surface area contributed by atoms with E-state index in [0.29, 0.717) is 42.2 Å². The summed E-state index contributed by atoms with van der Waals surface area (Å²) in [6.07, 6.45) is 10.7. The van der Waals surface area contributed by atoms with Gasteiger partial charge in [0.25, 0.3) is 5.56 Å². The van der Waals surface area contributed by atoms with E-state index < -0.39 is 56.0 Å². The quantitative estimate of drug-likeness (QED) is 0.163. The number of fused-ring (bicyclic) bond motifs is 5. The molecule has 0 radical (unpaired) electrons. The third-order valence-electron chi connectivity index (χ3n) is 13.7. The van der Waals surface area contributed by atoms with Crippen molar-refractivity contribution in [1.82, 2.24) is 9.55 Å². The van der Waals surface area contributed by atoms with Gasteiger partial charge in [-0.05, 0) is 97.2 Å². The molecule has 1 aromatic heterocycles. The van der Waals surface area contributed by atoms with Crippen LogP contribution in [0.4, 0.5) is 4.39 Å². The van der Waals surface area contributed by atoms with Gasteiger partial charge in [0.05, 0.1) is 25.0 Å². The number of aromatic amines is 1. The first-order chi connectivity index (χ1) is 23.0. The number of aliphatic hydroxyl groups excluding tert-OH is 1. The number of phosphoric ester groups is 1. The monoisotopic (exact) mass is 708 g/mol. The Hall–Kier alpha value is -1.62. The number of rotatable bonds is 11. The number of nitrogens with one attached hydrogen (secondary N) is 1. The Labute approximate surface area is 289 Å². The summed E-state index contributed by atoms with van der Waals surface area (Å²) in [5.74, 6) is 3.62. The molecule has 7 unspecified atom stereocenters. The molecule has 0 amide bonds. The summed E-state index contributed by atoms with van der Waals surface area (Å²) in [5, 5.41) is 10.5. The fraction of sp³-hybridized carbons (Fsp3) is 0.838. The number of nitrogens with zero attached hydrogens (tertiary/aromatic N) is 1. The van der Waals surface area contributed by atoms with Gasteiger partial charge < -0.3 is 14.7 Å². The van der Waals surface area contributed by atoms with Gasteiger partial charge in [-0.1, -0.05) is 72.5 Å². The summed E-state index contributed by atoms with van der Waals surface area (Å²) in [6.45, 7) is 14.1. The molecular weight excluding hydrogens is 650 g/mol. The first-order valence-corrected chi connectivity index (χ1v) is 20.2. The van der Waals surface area contributed by atoms with Crippen LogP contribution in [0.15, 0.2) is 27.4 Å². The Balaban J connectivity index is 1.06. The van der Waals surface area contributed by atoms with Gasteiger partial charge >= 0.3 is 13.5 Å². The van der Waals surface area contributed by atoms with E-state index >= 15 is 0 Å². The maximum Gasteiger partial charge on any atom is 0.472 e. The number of hydrogen-bond acceptors (Lipinski definition) is 7. The number of ether oxygens (including phenoxy) is 1. The van der Waals surface area contributed by atoms with E-state index in [0.717, 1.165) is 34.7 Å². The topological polar surface area (TPSA) is 140 Å². The van der Waals surface area contributed by atoms with Gasteiger partial charge in [0.2, 0.25) is 5.82 Å². The van der Waals surface area contributed by atoms with Crippen LogP contribution in [0.5, 0.6) is 0 Å².